The molecular weight excluding hydrogens is 450 g/mol. The average Bonchev–Trinajstić information content (AvgIpc) is 3.61. The molecular formula is C23H27N9O3. The average molecular weight is 478 g/mol. The molecule has 0 unspecified atom stereocenters. The number of anilines is 2. The fourth-order valence-corrected chi connectivity index (χ4v) is 4.41. The highest BCUT2D eigenvalue weighted by molar-refractivity contribution is 5.67. The van der Waals surface area contributed by atoms with Gasteiger partial charge >= 0.3 is 6.09 Å². The van der Waals surface area contributed by atoms with Gasteiger partial charge in [0.2, 0.25) is 5.95 Å². The first-order chi connectivity index (χ1) is 17.1. The second-order valence-electron chi connectivity index (χ2n) is 8.85. The maximum Gasteiger partial charge on any atom is 0.405 e. The van der Waals surface area contributed by atoms with Crippen molar-refractivity contribution in [3.8, 4) is 11.3 Å². The first-order valence-corrected chi connectivity index (χ1v) is 11.5. The van der Waals surface area contributed by atoms with Gasteiger partial charge in [-0.2, -0.15) is 5.10 Å². The predicted molar refractivity (Wildman–Crippen MR) is 127 cm³/mol. The second kappa shape index (κ2) is 10.1. The molecule has 12 heteroatoms. The Hall–Kier alpha value is -4.06. The van der Waals surface area contributed by atoms with Crippen molar-refractivity contribution in [3.05, 3.63) is 49.4 Å². The van der Waals surface area contributed by atoms with E-state index in [9.17, 15) is 4.79 Å². The van der Waals surface area contributed by atoms with Crippen LogP contribution in [0, 0.1) is 5.92 Å². The monoisotopic (exact) mass is 477 g/mol. The van der Waals surface area contributed by atoms with Crippen molar-refractivity contribution in [2.45, 2.75) is 37.6 Å². The molecule has 0 radical (unpaired) electrons. The van der Waals surface area contributed by atoms with Crippen LogP contribution in [0.3, 0.4) is 0 Å². The molecule has 182 valence electrons. The molecule has 35 heavy (non-hydrogen) atoms. The van der Waals surface area contributed by atoms with Crippen molar-refractivity contribution in [1.82, 2.24) is 39.9 Å². The van der Waals surface area contributed by atoms with Crippen LogP contribution < -0.4 is 10.6 Å². The van der Waals surface area contributed by atoms with E-state index in [4.69, 9.17) is 9.84 Å². The number of imidazole rings is 1. The van der Waals surface area contributed by atoms with Crippen molar-refractivity contribution < 1.29 is 14.6 Å². The quantitative estimate of drug-likeness (QED) is 0.346. The van der Waals surface area contributed by atoms with Gasteiger partial charge in [0.25, 0.3) is 0 Å². The Labute approximate surface area is 201 Å². The highest BCUT2D eigenvalue weighted by atomic mass is 16.5. The fourth-order valence-electron chi connectivity index (χ4n) is 4.41. The number of ether oxygens (including phenoxy) is 1. The first-order valence-electron chi connectivity index (χ1n) is 11.5. The van der Waals surface area contributed by atoms with E-state index in [2.05, 4.69) is 40.8 Å². The van der Waals surface area contributed by atoms with Crippen LogP contribution in [-0.2, 0) is 4.74 Å². The third-order valence-electron chi connectivity index (χ3n) is 6.23. The Morgan fingerprint density at radius 2 is 1.94 bits per heavy atom. The Bertz CT molecular complexity index is 1230. The van der Waals surface area contributed by atoms with E-state index in [1.54, 1.807) is 24.8 Å². The number of rotatable bonds is 4. The lowest BCUT2D eigenvalue weighted by atomic mass is 9.50. The van der Waals surface area contributed by atoms with Gasteiger partial charge in [-0.05, 0) is 38.0 Å². The van der Waals surface area contributed by atoms with Gasteiger partial charge in [-0.25, -0.2) is 24.7 Å². The molecule has 1 aliphatic heterocycles. The molecule has 0 aromatic carbocycles. The number of H-pyrrole nitrogens is 1. The molecule has 1 saturated heterocycles. The lowest BCUT2D eigenvalue weighted by Crippen LogP contribution is -2.67. The maximum absolute atomic E-state index is 10.1. The zero-order chi connectivity index (χ0) is 24.1. The number of carbonyl (C=O) groups is 1. The Morgan fingerprint density at radius 3 is 2.49 bits per heavy atom. The van der Waals surface area contributed by atoms with Gasteiger partial charge in [-0.15, -0.1) is 0 Å². The van der Waals surface area contributed by atoms with E-state index in [0.29, 0.717) is 5.95 Å². The Morgan fingerprint density at radius 1 is 1.17 bits per heavy atom. The summed E-state index contributed by atoms with van der Waals surface area (Å²) in [6.45, 7) is 2.00. The molecule has 12 nitrogen and oxygen atoms in total. The number of amides is 1. The highest BCUT2D eigenvalue weighted by Gasteiger charge is 2.57. The number of nitrogens with zero attached hydrogens (tertiary/aromatic N) is 6. The van der Waals surface area contributed by atoms with Gasteiger partial charge in [-0.1, -0.05) is 0 Å². The lowest BCUT2D eigenvalue weighted by Gasteiger charge is -2.61. The minimum atomic E-state index is -0.867. The molecule has 0 atom stereocenters. The van der Waals surface area contributed by atoms with Gasteiger partial charge in [-0.3, -0.25) is 9.50 Å². The molecule has 5 heterocycles. The normalized spacial score (nSPS) is 21.4. The molecule has 3 saturated carbocycles. The summed E-state index contributed by atoms with van der Waals surface area (Å²) in [6.07, 6.45) is 15.1. The van der Waals surface area contributed by atoms with E-state index >= 15 is 0 Å². The largest absolute Gasteiger partial charge is 0.465 e. The molecule has 1 amide bonds. The van der Waals surface area contributed by atoms with Gasteiger partial charge in [0.05, 0.1) is 11.9 Å². The number of carboxylic acid groups (broad SMARTS) is 1. The van der Waals surface area contributed by atoms with E-state index in [1.807, 2.05) is 22.7 Å². The molecule has 4 aromatic rings. The summed E-state index contributed by atoms with van der Waals surface area (Å²) in [5.74, 6) is 2.23. The van der Waals surface area contributed by atoms with Crippen molar-refractivity contribution in [2.75, 3.05) is 18.5 Å². The molecule has 0 spiro atoms. The minimum Gasteiger partial charge on any atom is -0.465 e. The maximum atomic E-state index is 10.1. The van der Waals surface area contributed by atoms with E-state index in [0.717, 1.165) is 61.1 Å². The van der Waals surface area contributed by atoms with Gasteiger partial charge in [0.15, 0.2) is 0 Å². The molecule has 4 aromatic heterocycles. The van der Waals surface area contributed by atoms with Gasteiger partial charge in [0, 0.05) is 61.2 Å². The van der Waals surface area contributed by atoms with Crippen LogP contribution in [0.25, 0.3) is 16.9 Å². The fraction of sp³-hybridized carbons (Fsp3) is 0.391. The van der Waals surface area contributed by atoms with Crippen LogP contribution in [-0.4, -0.2) is 64.5 Å². The number of nitrogens with one attached hydrogen (secondary N) is 3. The number of aromatic amines is 1. The SMILES string of the molecule is C1CCOC1.O=C(O)NC12CC(C1)C2.c1ncc(-c2cc3nccn3c(Nc3ccn[nH]3)n2)cn1. The molecule has 8 rings (SSSR count). The molecule has 4 N–H and O–H groups in total. The van der Waals surface area contributed by atoms with Gasteiger partial charge < -0.3 is 20.5 Å². The smallest absolute Gasteiger partial charge is 0.405 e. The standard InChI is InChI=1S/C13H10N8.C6H9NO2.C4H8O/c1-2-17-20-11(1)19-13-18-10(9-6-14-8-15-7-9)5-12-16-3-4-21(12)13;8-5(9)7-6-1-4(2-6)3-6;1-2-4-5-3-1/h1-8H,(H2,17,18,19,20);4,7H,1-3H2,(H,8,9);1-4H2. The minimum absolute atomic E-state index is 0.0382. The van der Waals surface area contributed by atoms with Crippen LogP contribution in [0.5, 0.6) is 0 Å². The summed E-state index contributed by atoms with van der Waals surface area (Å²) in [5, 5.41) is 20.8. The van der Waals surface area contributed by atoms with E-state index in [1.165, 1.54) is 19.2 Å². The van der Waals surface area contributed by atoms with Gasteiger partial charge in [0.1, 0.15) is 17.8 Å². The summed E-state index contributed by atoms with van der Waals surface area (Å²) >= 11 is 0. The van der Waals surface area contributed by atoms with Crippen LogP contribution in [0.2, 0.25) is 0 Å². The van der Waals surface area contributed by atoms with Crippen LogP contribution in [0.15, 0.2) is 49.4 Å². The summed E-state index contributed by atoms with van der Waals surface area (Å²) in [7, 11) is 0. The Balaban J connectivity index is 0.000000147. The zero-order valence-corrected chi connectivity index (χ0v) is 19.1. The number of fused-ring (bicyclic) bond motifs is 1. The van der Waals surface area contributed by atoms with Crippen molar-refractivity contribution in [1.29, 1.82) is 0 Å². The van der Waals surface area contributed by atoms with Crippen molar-refractivity contribution >= 4 is 23.5 Å². The highest BCUT2D eigenvalue weighted by Crippen LogP contribution is 2.56. The number of aromatic nitrogens is 7. The summed E-state index contributed by atoms with van der Waals surface area (Å²) in [4.78, 5) is 27.1. The zero-order valence-electron chi connectivity index (χ0n) is 19.1. The second-order valence-corrected chi connectivity index (χ2v) is 8.85. The first kappa shape index (κ1) is 22.7. The summed E-state index contributed by atoms with van der Waals surface area (Å²) < 4.78 is 6.80. The summed E-state index contributed by atoms with van der Waals surface area (Å²) in [5.41, 5.74) is 2.40. The number of hydrogen-bond acceptors (Lipinski definition) is 8. The Kier molecular flexibility index (Phi) is 6.53. The van der Waals surface area contributed by atoms with Crippen LogP contribution in [0.4, 0.5) is 16.6 Å². The molecule has 2 bridgehead atoms. The summed E-state index contributed by atoms with van der Waals surface area (Å²) in [6, 6.07) is 3.71. The van der Waals surface area contributed by atoms with Crippen LogP contribution >= 0.6 is 0 Å². The lowest BCUT2D eigenvalue weighted by molar-refractivity contribution is -0.0448. The van der Waals surface area contributed by atoms with Crippen molar-refractivity contribution in [3.63, 3.8) is 0 Å². The third-order valence-corrected chi connectivity index (χ3v) is 6.23. The topological polar surface area (TPSA) is 155 Å². The van der Waals surface area contributed by atoms with E-state index in [-0.39, 0.29) is 5.54 Å². The molecule has 4 aliphatic rings. The van der Waals surface area contributed by atoms with E-state index < -0.39 is 6.09 Å². The molecule has 3 aliphatic carbocycles. The van der Waals surface area contributed by atoms with Crippen molar-refractivity contribution in [2.24, 2.45) is 5.92 Å². The third kappa shape index (κ3) is 5.38. The molecule has 4 fully saturated rings. The predicted octanol–water partition coefficient (Wildman–Crippen LogP) is 3.26. The number of hydrogen-bond donors (Lipinski definition) is 4. The van der Waals surface area contributed by atoms with Crippen LogP contribution in [0.1, 0.15) is 32.1 Å².